The van der Waals surface area contributed by atoms with E-state index in [1.807, 2.05) is 0 Å². The first-order chi connectivity index (χ1) is 11.5. The van der Waals surface area contributed by atoms with Crippen LogP contribution in [0, 0.1) is 0 Å². The number of nitrogens with two attached hydrogens (primary N) is 1. The number of nitrogens with zero attached hydrogens (tertiary/aromatic N) is 1. The summed E-state index contributed by atoms with van der Waals surface area (Å²) in [6.07, 6.45) is -3.82. The summed E-state index contributed by atoms with van der Waals surface area (Å²) in [6.45, 7) is 1.39. The van der Waals surface area contributed by atoms with E-state index in [2.05, 4.69) is 4.98 Å². The van der Waals surface area contributed by atoms with Gasteiger partial charge in [0.25, 0.3) is 0 Å². The minimum atomic E-state index is -4.55. The van der Waals surface area contributed by atoms with Gasteiger partial charge >= 0.3 is 12.1 Å². The molecule has 5 nitrogen and oxygen atoms in total. The summed E-state index contributed by atoms with van der Waals surface area (Å²) in [5, 5.41) is 8.73. The van der Waals surface area contributed by atoms with Crippen LogP contribution in [0.15, 0.2) is 36.5 Å². The molecule has 0 bridgehead atoms. The van der Waals surface area contributed by atoms with Crippen LogP contribution in [0.4, 0.5) is 13.2 Å². The Balaban J connectivity index is 2.13. The molecule has 0 amide bonds. The maximum Gasteiger partial charge on any atom is 0.417 e. The van der Waals surface area contributed by atoms with Gasteiger partial charge in [-0.15, -0.1) is 0 Å². The molecule has 0 aliphatic rings. The number of pyridine rings is 1. The summed E-state index contributed by atoms with van der Waals surface area (Å²) in [6, 6.07) is 6.96. The predicted octanol–water partition coefficient (Wildman–Crippen LogP) is 3.89. The highest BCUT2D eigenvalue weighted by Crippen LogP contribution is 2.34. The molecule has 3 N–H and O–H groups in total. The molecule has 1 atom stereocenters. The highest BCUT2D eigenvalue weighted by Gasteiger charge is 2.32. The molecule has 0 fully saturated rings. The first-order valence-electron chi connectivity index (χ1n) is 7.01. The first kappa shape index (κ1) is 19.0. The minimum absolute atomic E-state index is 0.0991. The lowest BCUT2D eigenvalue weighted by Gasteiger charge is -2.19. The Labute approximate surface area is 146 Å². The van der Waals surface area contributed by atoms with Gasteiger partial charge in [0, 0.05) is 12.6 Å². The highest BCUT2D eigenvalue weighted by molar-refractivity contribution is 6.31. The van der Waals surface area contributed by atoms with Crippen LogP contribution < -0.4 is 10.5 Å². The predicted molar refractivity (Wildman–Crippen MR) is 84.7 cm³/mol. The van der Waals surface area contributed by atoms with Crippen molar-refractivity contribution in [3.63, 3.8) is 0 Å². The van der Waals surface area contributed by atoms with Crippen molar-refractivity contribution < 1.29 is 27.8 Å². The fraction of sp³-hybridized carbons (Fsp3) is 0.250. The van der Waals surface area contributed by atoms with Crippen molar-refractivity contribution >= 4 is 17.6 Å². The number of rotatable bonds is 5. The van der Waals surface area contributed by atoms with E-state index in [0.717, 1.165) is 6.07 Å². The lowest BCUT2D eigenvalue weighted by molar-refractivity contribution is -0.142. The second kappa shape index (κ2) is 6.89. The molecule has 0 radical (unpaired) electrons. The molecule has 2 rings (SSSR count). The van der Waals surface area contributed by atoms with Crippen LogP contribution in [-0.4, -0.2) is 21.6 Å². The molecule has 0 aliphatic carbocycles. The molecule has 2 aromatic rings. The zero-order valence-corrected chi connectivity index (χ0v) is 13.7. The molecular weight excluding hydrogens is 361 g/mol. The molecule has 1 heterocycles. The van der Waals surface area contributed by atoms with Crippen molar-refractivity contribution in [1.29, 1.82) is 0 Å². The van der Waals surface area contributed by atoms with Crippen molar-refractivity contribution in [2.75, 3.05) is 0 Å². The Bertz CT molecular complexity index is 777. The van der Waals surface area contributed by atoms with Gasteiger partial charge in [0.05, 0.1) is 5.56 Å². The number of halogens is 4. The third kappa shape index (κ3) is 4.83. The van der Waals surface area contributed by atoms with Crippen LogP contribution in [0.5, 0.6) is 11.6 Å². The number of carboxylic acid groups (broad SMARTS) is 1. The van der Waals surface area contributed by atoms with E-state index in [0.29, 0.717) is 11.8 Å². The minimum Gasteiger partial charge on any atom is -0.480 e. The maximum absolute atomic E-state index is 12.6. The summed E-state index contributed by atoms with van der Waals surface area (Å²) < 4.78 is 43.1. The fourth-order valence-corrected chi connectivity index (χ4v) is 2.15. The molecule has 0 spiro atoms. The molecule has 25 heavy (non-hydrogen) atoms. The summed E-state index contributed by atoms with van der Waals surface area (Å²) in [4.78, 5) is 14.6. The topological polar surface area (TPSA) is 85.4 Å². The second-order valence-corrected chi connectivity index (χ2v) is 6.06. The quantitative estimate of drug-likeness (QED) is 0.829. The van der Waals surface area contributed by atoms with Gasteiger partial charge in [0.1, 0.15) is 16.3 Å². The smallest absolute Gasteiger partial charge is 0.417 e. The molecule has 134 valence electrons. The van der Waals surface area contributed by atoms with E-state index in [1.54, 1.807) is 12.1 Å². The van der Waals surface area contributed by atoms with Crippen molar-refractivity contribution in [2.45, 2.75) is 25.1 Å². The van der Waals surface area contributed by atoms with Crippen molar-refractivity contribution in [3.8, 4) is 11.6 Å². The normalized spacial score (nSPS) is 14.0. The van der Waals surface area contributed by atoms with Gasteiger partial charge in [-0.25, -0.2) is 4.98 Å². The Kier molecular flexibility index (Phi) is 5.24. The number of benzene rings is 1. The number of carboxylic acids is 1. The fourth-order valence-electron chi connectivity index (χ4n) is 1.94. The zero-order valence-electron chi connectivity index (χ0n) is 13.0. The average Bonchev–Trinajstić information content (AvgIpc) is 2.49. The lowest BCUT2D eigenvalue weighted by Crippen LogP contribution is -2.46. The van der Waals surface area contributed by atoms with Crippen molar-refractivity contribution in [1.82, 2.24) is 4.98 Å². The SMILES string of the molecule is CC(N)(Cc1ccc(Oc2ncc(C(F)(F)F)cc2Cl)cc1)C(=O)O. The molecule has 1 aromatic carbocycles. The van der Waals surface area contributed by atoms with Crippen LogP contribution in [-0.2, 0) is 17.4 Å². The maximum atomic E-state index is 12.6. The van der Waals surface area contributed by atoms with E-state index in [1.165, 1.54) is 19.1 Å². The Morgan fingerprint density at radius 1 is 1.32 bits per heavy atom. The van der Waals surface area contributed by atoms with E-state index >= 15 is 0 Å². The lowest BCUT2D eigenvalue weighted by atomic mass is 9.94. The van der Waals surface area contributed by atoms with E-state index in [-0.39, 0.29) is 23.1 Å². The van der Waals surface area contributed by atoms with Gasteiger partial charge in [-0.05, 0) is 30.7 Å². The van der Waals surface area contributed by atoms with Crippen molar-refractivity contribution in [2.24, 2.45) is 5.73 Å². The summed E-state index contributed by atoms with van der Waals surface area (Å²) >= 11 is 5.77. The van der Waals surface area contributed by atoms with Gasteiger partial charge < -0.3 is 15.6 Å². The summed E-state index contributed by atoms with van der Waals surface area (Å²) in [5.74, 6) is -1.02. The summed E-state index contributed by atoms with van der Waals surface area (Å²) in [7, 11) is 0. The Morgan fingerprint density at radius 2 is 1.92 bits per heavy atom. The Morgan fingerprint density at radius 3 is 2.40 bits per heavy atom. The van der Waals surface area contributed by atoms with Gasteiger partial charge in [-0.1, -0.05) is 23.7 Å². The molecule has 0 saturated heterocycles. The third-order valence-corrected chi connectivity index (χ3v) is 3.60. The van der Waals surface area contributed by atoms with Crippen molar-refractivity contribution in [3.05, 3.63) is 52.7 Å². The second-order valence-electron chi connectivity index (χ2n) is 5.65. The van der Waals surface area contributed by atoms with E-state index < -0.39 is 23.2 Å². The standard InChI is InChI=1S/C16H14ClF3N2O3/c1-15(21,14(23)24)7-9-2-4-11(5-3-9)25-13-12(17)6-10(8-22-13)16(18,19)20/h2-6,8H,7,21H2,1H3,(H,23,24). The largest absolute Gasteiger partial charge is 0.480 e. The number of alkyl halides is 3. The monoisotopic (exact) mass is 374 g/mol. The van der Waals surface area contributed by atoms with Gasteiger partial charge in [-0.2, -0.15) is 13.2 Å². The van der Waals surface area contributed by atoms with E-state index in [4.69, 9.17) is 27.2 Å². The van der Waals surface area contributed by atoms with Crippen LogP contribution >= 0.6 is 11.6 Å². The molecular formula is C16H14ClF3N2O3. The Hall–Kier alpha value is -2.32. The van der Waals surface area contributed by atoms with E-state index in [9.17, 15) is 18.0 Å². The number of hydrogen-bond acceptors (Lipinski definition) is 4. The van der Waals surface area contributed by atoms with Crippen LogP contribution in [0.2, 0.25) is 5.02 Å². The number of aromatic nitrogens is 1. The highest BCUT2D eigenvalue weighted by atomic mass is 35.5. The van der Waals surface area contributed by atoms with Gasteiger partial charge in [0.2, 0.25) is 5.88 Å². The summed E-state index contributed by atoms with van der Waals surface area (Å²) in [5.41, 5.74) is 3.94. The van der Waals surface area contributed by atoms with Gasteiger partial charge in [-0.3, -0.25) is 4.79 Å². The number of hydrogen-bond donors (Lipinski definition) is 2. The molecule has 0 aliphatic heterocycles. The van der Waals surface area contributed by atoms with Crippen LogP contribution in [0.1, 0.15) is 18.1 Å². The zero-order chi connectivity index (χ0) is 18.8. The third-order valence-electron chi connectivity index (χ3n) is 3.33. The number of ether oxygens (including phenoxy) is 1. The molecule has 9 heteroatoms. The molecule has 1 unspecified atom stereocenters. The first-order valence-corrected chi connectivity index (χ1v) is 7.38. The molecule has 1 aromatic heterocycles. The number of aliphatic carboxylic acids is 1. The van der Waals surface area contributed by atoms with Gasteiger partial charge in [0.15, 0.2) is 0 Å². The van der Waals surface area contributed by atoms with Crippen LogP contribution in [0.25, 0.3) is 0 Å². The molecule has 0 saturated carbocycles. The van der Waals surface area contributed by atoms with Crippen LogP contribution in [0.3, 0.4) is 0 Å². The number of carbonyl (C=O) groups is 1. The average molecular weight is 375 g/mol.